The number of ether oxygens (including phenoxy) is 1. The fourth-order valence-corrected chi connectivity index (χ4v) is 3.28. The molecule has 7 heteroatoms. The van der Waals surface area contributed by atoms with E-state index in [1.54, 1.807) is 0 Å². The van der Waals surface area contributed by atoms with Crippen LogP contribution in [0.2, 0.25) is 0 Å². The first-order valence-electron chi connectivity index (χ1n) is 8.22. The van der Waals surface area contributed by atoms with Crippen molar-refractivity contribution in [3.63, 3.8) is 0 Å². The molecule has 0 amide bonds. The lowest BCUT2D eigenvalue weighted by Crippen LogP contribution is -2.47. The maximum atomic E-state index is 13.2. The molecule has 2 aromatic rings. The summed E-state index contributed by atoms with van der Waals surface area (Å²) in [6, 6.07) is 11.1. The molecule has 1 unspecified atom stereocenters. The van der Waals surface area contributed by atoms with E-state index in [4.69, 9.17) is 4.74 Å². The topological polar surface area (TPSA) is 36.5 Å². The molecule has 2 N–H and O–H groups in total. The standard InChI is InChI=1S/C18H18F3N3O/c19-18(20,21)12-5-6-15-13(11-12)17(24-9-7-22-8-10-24)23-14-3-1-2-4-16(14)25-15/h1-6,11,17,22-23H,7-10H2. The molecule has 2 heterocycles. The summed E-state index contributed by atoms with van der Waals surface area (Å²) >= 11 is 0. The fourth-order valence-electron chi connectivity index (χ4n) is 3.28. The van der Waals surface area contributed by atoms with Crippen LogP contribution in [-0.4, -0.2) is 31.1 Å². The molecule has 1 fully saturated rings. The first-order valence-corrected chi connectivity index (χ1v) is 8.22. The van der Waals surface area contributed by atoms with Crippen LogP contribution >= 0.6 is 0 Å². The van der Waals surface area contributed by atoms with Crippen LogP contribution in [0.5, 0.6) is 11.5 Å². The Morgan fingerprint density at radius 1 is 1.00 bits per heavy atom. The molecule has 2 aromatic carbocycles. The number of benzene rings is 2. The molecule has 4 rings (SSSR count). The van der Waals surface area contributed by atoms with Crippen LogP contribution in [0.25, 0.3) is 0 Å². The number of nitrogens with one attached hydrogen (secondary N) is 2. The summed E-state index contributed by atoms with van der Waals surface area (Å²) in [6.45, 7) is 3.09. The van der Waals surface area contributed by atoms with Gasteiger partial charge in [-0.05, 0) is 30.3 Å². The van der Waals surface area contributed by atoms with E-state index in [9.17, 15) is 13.2 Å². The highest BCUT2D eigenvalue weighted by Gasteiger charge is 2.34. The summed E-state index contributed by atoms with van der Waals surface area (Å²) in [5, 5.41) is 6.64. The molecule has 2 aliphatic rings. The average Bonchev–Trinajstić information content (AvgIpc) is 2.77. The number of hydrogen-bond donors (Lipinski definition) is 2. The van der Waals surface area contributed by atoms with Crippen molar-refractivity contribution in [3.05, 3.63) is 53.6 Å². The first-order chi connectivity index (χ1) is 12.0. The minimum absolute atomic E-state index is 0.372. The van der Waals surface area contributed by atoms with E-state index in [0.29, 0.717) is 17.1 Å². The van der Waals surface area contributed by atoms with Gasteiger partial charge in [0.15, 0.2) is 5.75 Å². The van der Waals surface area contributed by atoms with Crippen LogP contribution in [0.15, 0.2) is 42.5 Å². The summed E-state index contributed by atoms with van der Waals surface area (Å²) in [5.74, 6) is 1.06. The molecule has 1 saturated heterocycles. The van der Waals surface area contributed by atoms with Gasteiger partial charge in [0.25, 0.3) is 0 Å². The number of fused-ring (bicyclic) bond motifs is 2. The van der Waals surface area contributed by atoms with Crippen LogP contribution < -0.4 is 15.4 Å². The Hall–Kier alpha value is -2.25. The van der Waals surface area contributed by atoms with Crippen LogP contribution in [0.4, 0.5) is 18.9 Å². The van der Waals surface area contributed by atoms with Crippen LogP contribution in [0.1, 0.15) is 17.3 Å². The Morgan fingerprint density at radius 2 is 1.76 bits per heavy atom. The average molecular weight is 349 g/mol. The second-order valence-corrected chi connectivity index (χ2v) is 6.18. The minimum Gasteiger partial charge on any atom is -0.455 e. The third-order valence-electron chi connectivity index (χ3n) is 4.55. The van der Waals surface area contributed by atoms with Gasteiger partial charge in [0.1, 0.15) is 11.9 Å². The van der Waals surface area contributed by atoms with E-state index in [0.717, 1.165) is 37.9 Å². The van der Waals surface area contributed by atoms with E-state index in [1.165, 1.54) is 12.1 Å². The zero-order valence-electron chi connectivity index (χ0n) is 13.4. The second-order valence-electron chi connectivity index (χ2n) is 6.18. The largest absolute Gasteiger partial charge is 0.455 e. The third-order valence-corrected chi connectivity index (χ3v) is 4.55. The third kappa shape index (κ3) is 3.17. The van der Waals surface area contributed by atoms with Gasteiger partial charge < -0.3 is 15.4 Å². The highest BCUT2D eigenvalue weighted by atomic mass is 19.4. The van der Waals surface area contributed by atoms with Gasteiger partial charge in [-0.15, -0.1) is 0 Å². The van der Waals surface area contributed by atoms with Crippen LogP contribution in [-0.2, 0) is 6.18 Å². The zero-order chi connectivity index (χ0) is 17.4. The van der Waals surface area contributed by atoms with Crippen molar-refractivity contribution in [3.8, 4) is 11.5 Å². The number of anilines is 1. The summed E-state index contributed by atoms with van der Waals surface area (Å²) in [5.41, 5.74) is 0.617. The summed E-state index contributed by atoms with van der Waals surface area (Å²) in [6.07, 6.45) is -4.76. The van der Waals surface area contributed by atoms with E-state index in [1.807, 2.05) is 24.3 Å². The van der Waals surface area contributed by atoms with Crippen molar-refractivity contribution in [2.75, 3.05) is 31.5 Å². The van der Waals surface area contributed by atoms with Crippen molar-refractivity contribution in [2.24, 2.45) is 0 Å². The van der Waals surface area contributed by atoms with E-state index in [2.05, 4.69) is 15.5 Å². The highest BCUT2D eigenvalue weighted by molar-refractivity contribution is 5.62. The van der Waals surface area contributed by atoms with Gasteiger partial charge in [0.05, 0.1) is 11.3 Å². The van der Waals surface area contributed by atoms with E-state index >= 15 is 0 Å². The first kappa shape index (κ1) is 16.2. The fraction of sp³-hybridized carbons (Fsp3) is 0.333. The van der Waals surface area contributed by atoms with Gasteiger partial charge >= 0.3 is 6.18 Å². The van der Waals surface area contributed by atoms with Crippen molar-refractivity contribution >= 4 is 5.69 Å². The molecule has 4 nitrogen and oxygen atoms in total. The molecule has 0 aliphatic carbocycles. The number of halogens is 3. The highest BCUT2D eigenvalue weighted by Crippen LogP contribution is 2.43. The SMILES string of the molecule is FC(F)(F)c1ccc2c(c1)C(N1CCNCC1)Nc1ccccc1O2. The Balaban J connectivity index is 1.81. The van der Waals surface area contributed by atoms with Gasteiger partial charge in [-0.25, -0.2) is 0 Å². The number of alkyl halides is 3. The zero-order valence-corrected chi connectivity index (χ0v) is 13.4. The van der Waals surface area contributed by atoms with Crippen molar-refractivity contribution < 1.29 is 17.9 Å². The Labute approximate surface area is 143 Å². The maximum absolute atomic E-state index is 13.2. The lowest BCUT2D eigenvalue weighted by atomic mass is 10.0. The predicted octanol–water partition coefficient (Wildman–Crippen LogP) is 3.83. The summed E-state index contributed by atoms with van der Waals surface area (Å²) < 4.78 is 45.5. The molecular formula is C18H18F3N3O. The van der Waals surface area contributed by atoms with Gasteiger partial charge in [0.2, 0.25) is 0 Å². The summed E-state index contributed by atoms with van der Waals surface area (Å²) in [4.78, 5) is 2.14. The smallest absolute Gasteiger partial charge is 0.416 e. The molecule has 0 radical (unpaired) electrons. The molecule has 0 spiro atoms. The molecule has 0 aromatic heterocycles. The Morgan fingerprint density at radius 3 is 2.52 bits per heavy atom. The van der Waals surface area contributed by atoms with E-state index < -0.39 is 11.7 Å². The molecule has 25 heavy (non-hydrogen) atoms. The van der Waals surface area contributed by atoms with Gasteiger partial charge in [-0.1, -0.05) is 12.1 Å². The number of nitrogens with zero attached hydrogens (tertiary/aromatic N) is 1. The lowest BCUT2D eigenvalue weighted by molar-refractivity contribution is -0.137. The van der Waals surface area contributed by atoms with E-state index in [-0.39, 0.29) is 6.17 Å². The quantitative estimate of drug-likeness (QED) is 0.821. The lowest BCUT2D eigenvalue weighted by Gasteiger charge is -2.35. The minimum atomic E-state index is -4.39. The normalized spacial score (nSPS) is 20.7. The van der Waals surface area contributed by atoms with Crippen molar-refractivity contribution in [1.29, 1.82) is 0 Å². The van der Waals surface area contributed by atoms with Crippen LogP contribution in [0, 0.1) is 0 Å². The molecule has 1 atom stereocenters. The molecule has 2 aliphatic heterocycles. The van der Waals surface area contributed by atoms with Gasteiger partial charge in [-0.2, -0.15) is 13.2 Å². The maximum Gasteiger partial charge on any atom is 0.416 e. The van der Waals surface area contributed by atoms with Gasteiger partial charge in [-0.3, -0.25) is 4.90 Å². The molecular weight excluding hydrogens is 331 g/mol. The molecule has 0 bridgehead atoms. The van der Waals surface area contributed by atoms with Crippen molar-refractivity contribution in [2.45, 2.75) is 12.3 Å². The number of hydrogen-bond acceptors (Lipinski definition) is 4. The Bertz CT molecular complexity index is 772. The Kier molecular flexibility index (Phi) is 4.05. The number of rotatable bonds is 1. The molecule has 0 saturated carbocycles. The number of piperazine rings is 1. The monoisotopic (exact) mass is 349 g/mol. The van der Waals surface area contributed by atoms with Gasteiger partial charge in [0, 0.05) is 31.7 Å². The van der Waals surface area contributed by atoms with Crippen molar-refractivity contribution in [1.82, 2.24) is 10.2 Å². The predicted molar refractivity (Wildman–Crippen MR) is 88.8 cm³/mol. The second kappa shape index (κ2) is 6.24. The number of para-hydroxylation sites is 2. The summed E-state index contributed by atoms with van der Waals surface area (Å²) in [7, 11) is 0. The van der Waals surface area contributed by atoms with Crippen LogP contribution in [0.3, 0.4) is 0 Å². The molecule has 132 valence electrons.